The average Bonchev–Trinajstić information content (AvgIpc) is 2.72. The molecule has 1 amide bonds. The normalized spacial score (nSPS) is 19.6. The third-order valence-electron chi connectivity index (χ3n) is 3.56. The van der Waals surface area contributed by atoms with Gasteiger partial charge in [-0.25, -0.2) is 4.39 Å². The standard InChI is InChI=1S/C16H23FN2O/c1-10(15(20)19-16(2,3)4)18-14-9-8-11-12(14)6-5-7-13(11)17/h5-7,10,14,18H,8-9H2,1-4H3,(H,19,20). The van der Waals surface area contributed by atoms with Crippen LogP contribution in [0.25, 0.3) is 0 Å². The number of halogens is 1. The maximum Gasteiger partial charge on any atom is 0.237 e. The molecule has 1 aliphatic rings. The van der Waals surface area contributed by atoms with Crippen LogP contribution in [-0.4, -0.2) is 17.5 Å². The highest BCUT2D eigenvalue weighted by Crippen LogP contribution is 2.32. The lowest BCUT2D eigenvalue weighted by Gasteiger charge is -2.25. The molecule has 0 saturated carbocycles. The molecule has 2 unspecified atom stereocenters. The molecule has 2 N–H and O–H groups in total. The van der Waals surface area contributed by atoms with E-state index in [0.717, 1.165) is 24.0 Å². The minimum atomic E-state index is -0.298. The highest BCUT2D eigenvalue weighted by atomic mass is 19.1. The van der Waals surface area contributed by atoms with E-state index in [1.54, 1.807) is 6.07 Å². The van der Waals surface area contributed by atoms with Crippen molar-refractivity contribution in [2.45, 2.75) is 58.2 Å². The number of benzene rings is 1. The van der Waals surface area contributed by atoms with E-state index in [1.807, 2.05) is 33.8 Å². The fourth-order valence-electron chi connectivity index (χ4n) is 2.64. The maximum atomic E-state index is 13.7. The molecule has 0 aliphatic heterocycles. The fraction of sp³-hybridized carbons (Fsp3) is 0.562. The lowest BCUT2D eigenvalue weighted by molar-refractivity contribution is -0.124. The van der Waals surface area contributed by atoms with Crippen molar-refractivity contribution in [2.75, 3.05) is 0 Å². The highest BCUT2D eigenvalue weighted by Gasteiger charge is 2.28. The highest BCUT2D eigenvalue weighted by molar-refractivity contribution is 5.82. The van der Waals surface area contributed by atoms with Gasteiger partial charge in [0.15, 0.2) is 0 Å². The summed E-state index contributed by atoms with van der Waals surface area (Å²) in [5, 5.41) is 6.26. The molecule has 20 heavy (non-hydrogen) atoms. The second kappa shape index (κ2) is 5.52. The van der Waals surface area contributed by atoms with Crippen LogP contribution >= 0.6 is 0 Å². The van der Waals surface area contributed by atoms with Crippen LogP contribution in [0.3, 0.4) is 0 Å². The van der Waals surface area contributed by atoms with Gasteiger partial charge in [0, 0.05) is 11.6 Å². The van der Waals surface area contributed by atoms with Gasteiger partial charge in [-0.15, -0.1) is 0 Å². The molecule has 3 nitrogen and oxygen atoms in total. The summed E-state index contributed by atoms with van der Waals surface area (Å²) < 4.78 is 13.7. The van der Waals surface area contributed by atoms with Crippen LogP contribution in [0.15, 0.2) is 18.2 Å². The fourth-order valence-corrected chi connectivity index (χ4v) is 2.64. The molecular formula is C16H23FN2O. The Bertz CT molecular complexity index is 508. The molecular weight excluding hydrogens is 255 g/mol. The van der Waals surface area contributed by atoms with E-state index >= 15 is 0 Å². The summed E-state index contributed by atoms with van der Waals surface area (Å²) >= 11 is 0. The third-order valence-corrected chi connectivity index (χ3v) is 3.56. The van der Waals surface area contributed by atoms with Crippen LogP contribution in [0.2, 0.25) is 0 Å². The van der Waals surface area contributed by atoms with Gasteiger partial charge in [0.2, 0.25) is 5.91 Å². The predicted molar refractivity (Wildman–Crippen MR) is 78.0 cm³/mol. The minimum absolute atomic E-state index is 0.0256. The number of rotatable bonds is 3. The lowest BCUT2D eigenvalue weighted by Crippen LogP contribution is -2.50. The van der Waals surface area contributed by atoms with Gasteiger partial charge in [0.25, 0.3) is 0 Å². The number of fused-ring (bicyclic) bond motifs is 1. The van der Waals surface area contributed by atoms with Gasteiger partial charge in [-0.05, 0) is 57.7 Å². The molecule has 0 saturated heterocycles. The first kappa shape index (κ1) is 15.0. The molecule has 4 heteroatoms. The smallest absolute Gasteiger partial charge is 0.237 e. The van der Waals surface area contributed by atoms with Gasteiger partial charge in [-0.3, -0.25) is 10.1 Å². The number of hydrogen-bond acceptors (Lipinski definition) is 2. The number of nitrogens with one attached hydrogen (secondary N) is 2. The van der Waals surface area contributed by atoms with E-state index < -0.39 is 0 Å². The predicted octanol–water partition coefficient (Wildman–Crippen LogP) is 2.71. The van der Waals surface area contributed by atoms with Crippen LogP contribution in [-0.2, 0) is 11.2 Å². The van der Waals surface area contributed by atoms with E-state index in [2.05, 4.69) is 10.6 Å². The maximum absolute atomic E-state index is 13.7. The second-order valence-electron chi connectivity index (χ2n) is 6.53. The Labute approximate surface area is 120 Å². The topological polar surface area (TPSA) is 41.1 Å². The van der Waals surface area contributed by atoms with Crippen molar-refractivity contribution in [1.82, 2.24) is 10.6 Å². The SMILES string of the molecule is CC(NC1CCc2c(F)cccc21)C(=O)NC(C)(C)C. The zero-order chi connectivity index (χ0) is 14.9. The van der Waals surface area contributed by atoms with Crippen LogP contribution in [0, 0.1) is 5.82 Å². The molecule has 0 heterocycles. The van der Waals surface area contributed by atoms with Gasteiger partial charge in [-0.1, -0.05) is 12.1 Å². The largest absolute Gasteiger partial charge is 0.350 e. The Morgan fingerprint density at radius 1 is 1.40 bits per heavy atom. The summed E-state index contributed by atoms with van der Waals surface area (Å²) in [6.45, 7) is 7.71. The van der Waals surface area contributed by atoms with Crippen molar-refractivity contribution in [2.24, 2.45) is 0 Å². The van der Waals surface area contributed by atoms with Crippen LogP contribution in [0.4, 0.5) is 4.39 Å². The lowest BCUT2D eigenvalue weighted by atomic mass is 10.1. The summed E-state index contributed by atoms with van der Waals surface area (Å²) in [6.07, 6.45) is 1.57. The molecule has 2 rings (SSSR count). The van der Waals surface area contributed by atoms with Gasteiger partial charge in [-0.2, -0.15) is 0 Å². The Balaban J connectivity index is 2.03. The molecule has 110 valence electrons. The Hall–Kier alpha value is -1.42. The molecule has 1 aromatic carbocycles. The van der Waals surface area contributed by atoms with Crippen molar-refractivity contribution in [3.8, 4) is 0 Å². The number of hydrogen-bond donors (Lipinski definition) is 2. The van der Waals surface area contributed by atoms with E-state index in [4.69, 9.17) is 0 Å². The Morgan fingerprint density at radius 3 is 2.75 bits per heavy atom. The molecule has 1 aromatic rings. The van der Waals surface area contributed by atoms with Gasteiger partial charge in [0.1, 0.15) is 5.82 Å². The van der Waals surface area contributed by atoms with E-state index in [1.165, 1.54) is 6.07 Å². The number of amides is 1. The van der Waals surface area contributed by atoms with Gasteiger partial charge in [0.05, 0.1) is 6.04 Å². The first-order chi connectivity index (χ1) is 9.28. The molecule has 1 aliphatic carbocycles. The zero-order valence-corrected chi connectivity index (χ0v) is 12.6. The average molecular weight is 278 g/mol. The molecule has 2 atom stereocenters. The molecule has 0 spiro atoms. The summed E-state index contributed by atoms with van der Waals surface area (Å²) in [4.78, 5) is 12.1. The minimum Gasteiger partial charge on any atom is -0.350 e. The first-order valence-corrected chi connectivity index (χ1v) is 7.13. The van der Waals surface area contributed by atoms with Gasteiger partial charge >= 0.3 is 0 Å². The number of carbonyl (C=O) groups is 1. The van der Waals surface area contributed by atoms with Gasteiger partial charge < -0.3 is 5.32 Å². The first-order valence-electron chi connectivity index (χ1n) is 7.13. The van der Waals surface area contributed by atoms with Crippen molar-refractivity contribution < 1.29 is 9.18 Å². The molecule has 0 radical (unpaired) electrons. The van der Waals surface area contributed by atoms with Crippen LogP contribution < -0.4 is 10.6 Å². The monoisotopic (exact) mass is 278 g/mol. The Kier molecular flexibility index (Phi) is 4.14. The van der Waals surface area contributed by atoms with Crippen molar-refractivity contribution in [1.29, 1.82) is 0 Å². The van der Waals surface area contributed by atoms with E-state index in [9.17, 15) is 9.18 Å². The van der Waals surface area contributed by atoms with Crippen molar-refractivity contribution in [3.05, 3.63) is 35.1 Å². The summed E-state index contributed by atoms with van der Waals surface area (Å²) in [6, 6.07) is 4.93. The zero-order valence-electron chi connectivity index (χ0n) is 12.6. The van der Waals surface area contributed by atoms with Crippen LogP contribution in [0.1, 0.15) is 51.3 Å². The molecule has 0 aromatic heterocycles. The third kappa shape index (κ3) is 3.37. The summed E-state index contributed by atoms with van der Waals surface area (Å²) in [5.41, 5.74) is 1.53. The summed E-state index contributed by atoms with van der Waals surface area (Å²) in [7, 11) is 0. The molecule has 0 fully saturated rings. The van der Waals surface area contributed by atoms with Crippen LogP contribution in [0.5, 0.6) is 0 Å². The quantitative estimate of drug-likeness (QED) is 0.892. The molecule has 0 bridgehead atoms. The van der Waals surface area contributed by atoms with E-state index in [0.29, 0.717) is 0 Å². The van der Waals surface area contributed by atoms with Crippen molar-refractivity contribution in [3.63, 3.8) is 0 Å². The summed E-state index contributed by atoms with van der Waals surface area (Å²) in [5.74, 6) is -0.166. The van der Waals surface area contributed by atoms with Crippen molar-refractivity contribution >= 4 is 5.91 Å². The Morgan fingerprint density at radius 2 is 2.10 bits per heavy atom. The number of carbonyl (C=O) groups excluding carboxylic acids is 1. The second-order valence-corrected chi connectivity index (χ2v) is 6.53. The van der Waals surface area contributed by atoms with E-state index in [-0.39, 0.29) is 29.3 Å².